The van der Waals surface area contributed by atoms with Gasteiger partial charge in [-0.3, -0.25) is 0 Å². The number of hydrogen-bond donors (Lipinski definition) is 0. The van der Waals surface area contributed by atoms with E-state index in [1.54, 1.807) is 0 Å². The van der Waals surface area contributed by atoms with Crippen molar-refractivity contribution in [1.82, 2.24) is 0 Å². The van der Waals surface area contributed by atoms with E-state index in [1.807, 2.05) is 0 Å². The molecule has 0 nitrogen and oxygen atoms in total. The molecular formula is C12BBr10Cl. The standard InChI is InChI=1S/C12BBr10Cl/c14-3-1(4(15)8(19)11(22)7(3)18)13(24)2-5(16)9(20)12(23)10(21)6(2)17. The van der Waals surface area contributed by atoms with E-state index in [4.69, 9.17) is 11.5 Å². The molecular weight excluding hydrogens is 989 g/mol. The SMILES string of the molecule is ClB(c1c(Br)c(Br)c(Br)c(Br)c1Br)c1c(Br)c(Br)c(Br)c(Br)c1Br. The minimum Gasteiger partial charge on any atom is -0.182 e. The molecule has 0 bridgehead atoms. The van der Waals surface area contributed by atoms with Gasteiger partial charge in [0.25, 0.3) is 0 Å². The van der Waals surface area contributed by atoms with Crippen LogP contribution in [0.4, 0.5) is 0 Å². The fourth-order valence-electron chi connectivity index (χ4n) is 1.83. The van der Waals surface area contributed by atoms with Crippen LogP contribution in [-0.2, 0) is 0 Å². The van der Waals surface area contributed by atoms with E-state index in [1.165, 1.54) is 0 Å². The second-order valence-electron chi connectivity index (χ2n) is 4.33. The molecule has 0 spiro atoms. The fraction of sp³-hybridized carbons (Fsp3) is 0. The molecule has 0 aliphatic carbocycles. The fourth-order valence-corrected chi connectivity index (χ4v) is 9.87. The molecule has 0 heterocycles. The highest BCUT2D eigenvalue weighted by molar-refractivity contribution is 9.16. The maximum absolute atomic E-state index is 6.91. The van der Waals surface area contributed by atoms with Crippen LogP contribution in [0.5, 0.6) is 0 Å². The molecule has 0 saturated carbocycles. The molecule has 0 radical (unpaired) electrons. The first-order valence-corrected chi connectivity index (χ1v) is 14.1. The summed E-state index contributed by atoms with van der Waals surface area (Å²) in [5.74, 6) is 0. The molecule has 0 N–H and O–H groups in total. The van der Waals surface area contributed by atoms with Gasteiger partial charge in [-0.15, -0.1) is 0 Å². The van der Waals surface area contributed by atoms with Gasteiger partial charge in [0.1, 0.15) is 0 Å². The van der Waals surface area contributed by atoms with Gasteiger partial charge < -0.3 is 0 Å². The highest BCUT2D eigenvalue weighted by Gasteiger charge is 2.32. The van der Waals surface area contributed by atoms with E-state index in [2.05, 4.69) is 159 Å². The molecule has 2 aromatic carbocycles. The van der Waals surface area contributed by atoms with Crippen LogP contribution in [0.15, 0.2) is 44.7 Å². The predicted molar refractivity (Wildman–Crippen MR) is 141 cm³/mol. The molecule has 0 aromatic heterocycles. The Kier molecular flexibility index (Phi) is 9.55. The van der Waals surface area contributed by atoms with Gasteiger partial charge in [-0.1, -0.05) is 63.7 Å². The third-order valence-corrected chi connectivity index (χ3v) is 15.7. The Morgan fingerprint density at radius 1 is 0.375 bits per heavy atom. The van der Waals surface area contributed by atoms with Gasteiger partial charge in [0.15, 0.2) is 0 Å². The maximum Gasteiger partial charge on any atom is 0.320 e. The van der Waals surface area contributed by atoms with Crippen molar-refractivity contribution in [3.63, 3.8) is 0 Å². The summed E-state index contributed by atoms with van der Waals surface area (Å²) in [5.41, 5.74) is 1.78. The topological polar surface area (TPSA) is 0 Å². The Balaban J connectivity index is 2.84. The minimum atomic E-state index is -0.445. The molecule has 128 valence electrons. The van der Waals surface area contributed by atoms with Crippen molar-refractivity contribution >= 4 is 188 Å². The zero-order valence-electron chi connectivity index (χ0n) is 10.7. The molecule has 0 saturated heterocycles. The van der Waals surface area contributed by atoms with Crippen LogP contribution in [0.3, 0.4) is 0 Å². The Morgan fingerprint density at radius 3 is 0.750 bits per heavy atom. The summed E-state index contributed by atoms with van der Waals surface area (Å²) in [6.07, 6.45) is -0.445. The first-order chi connectivity index (χ1) is 11.0. The second kappa shape index (κ2) is 9.60. The van der Waals surface area contributed by atoms with E-state index in [9.17, 15) is 0 Å². The highest BCUT2D eigenvalue weighted by Crippen LogP contribution is 2.43. The lowest BCUT2D eigenvalue weighted by Gasteiger charge is -2.20. The van der Waals surface area contributed by atoms with Crippen LogP contribution in [0, 0.1) is 0 Å². The summed E-state index contributed by atoms with van der Waals surface area (Å²) >= 11 is 42.9. The Bertz CT molecular complexity index is 725. The largest absolute Gasteiger partial charge is 0.320 e. The second-order valence-corrected chi connectivity index (χ2v) is 12.7. The van der Waals surface area contributed by atoms with Gasteiger partial charge in [-0.05, 0) is 107 Å². The number of rotatable bonds is 2. The maximum atomic E-state index is 6.91. The summed E-state index contributed by atoms with van der Waals surface area (Å²) in [4.78, 5) is 0. The van der Waals surface area contributed by atoms with Crippen LogP contribution < -0.4 is 10.9 Å². The smallest absolute Gasteiger partial charge is 0.182 e. The molecule has 0 unspecified atom stereocenters. The molecule has 0 fully saturated rings. The molecule has 12 heteroatoms. The molecule has 0 aliphatic heterocycles. The van der Waals surface area contributed by atoms with E-state index < -0.39 is 6.13 Å². The average molecular weight is 989 g/mol. The summed E-state index contributed by atoms with van der Waals surface area (Å²) in [6, 6.07) is 0. The summed E-state index contributed by atoms with van der Waals surface area (Å²) in [5, 5.41) is 0. The lowest BCUT2D eigenvalue weighted by atomic mass is 9.62. The molecule has 0 atom stereocenters. The minimum absolute atomic E-state index is 0.445. The van der Waals surface area contributed by atoms with Crippen LogP contribution in [-0.4, -0.2) is 6.13 Å². The lowest BCUT2D eigenvalue weighted by Crippen LogP contribution is -2.41. The first kappa shape index (κ1) is 23.9. The Morgan fingerprint density at radius 2 is 0.542 bits per heavy atom. The highest BCUT2D eigenvalue weighted by atomic mass is 79.9. The Labute approximate surface area is 228 Å². The van der Waals surface area contributed by atoms with Crippen molar-refractivity contribution in [2.24, 2.45) is 0 Å². The van der Waals surface area contributed by atoms with Crippen molar-refractivity contribution < 1.29 is 0 Å². The van der Waals surface area contributed by atoms with Gasteiger partial charge in [0.05, 0.1) is 0 Å². The molecule has 2 aromatic rings. The van der Waals surface area contributed by atoms with Gasteiger partial charge in [-0.25, -0.2) is 0 Å². The molecule has 24 heavy (non-hydrogen) atoms. The summed E-state index contributed by atoms with van der Waals surface area (Å²) in [6.45, 7) is 0. The quantitative estimate of drug-likeness (QED) is 0.160. The monoisotopic (exact) mass is 979 g/mol. The predicted octanol–water partition coefficient (Wildman–Crippen LogP) is 9.66. The van der Waals surface area contributed by atoms with Gasteiger partial charge >= 0.3 is 6.13 Å². The normalized spacial score (nSPS) is 11.1. The average Bonchev–Trinajstić information content (AvgIpc) is 2.55. The van der Waals surface area contributed by atoms with E-state index >= 15 is 0 Å². The Hall–Kier alpha value is 3.59. The van der Waals surface area contributed by atoms with Crippen molar-refractivity contribution in [3.8, 4) is 0 Å². The van der Waals surface area contributed by atoms with Crippen LogP contribution in [0.25, 0.3) is 0 Å². The van der Waals surface area contributed by atoms with E-state index in [-0.39, 0.29) is 0 Å². The molecule has 0 amide bonds. The molecule has 2 rings (SSSR count). The number of benzene rings is 2. The third kappa shape index (κ3) is 4.36. The zero-order chi connectivity index (χ0) is 18.5. The summed E-state index contributed by atoms with van der Waals surface area (Å²) in [7, 11) is 0. The lowest BCUT2D eigenvalue weighted by molar-refractivity contribution is 1.48. The van der Waals surface area contributed by atoms with Gasteiger partial charge in [0.2, 0.25) is 0 Å². The number of hydrogen-bond acceptors (Lipinski definition) is 0. The zero-order valence-corrected chi connectivity index (χ0v) is 27.4. The van der Waals surface area contributed by atoms with Crippen LogP contribution in [0.2, 0.25) is 0 Å². The van der Waals surface area contributed by atoms with Gasteiger partial charge in [-0.2, -0.15) is 11.5 Å². The van der Waals surface area contributed by atoms with Crippen LogP contribution in [0.1, 0.15) is 0 Å². The van der Waals surface area contributed by atoms with E-state index in [0.29, 0.717) is 0 Å². The number of halogens is 11. The molecule has 0 aliphatic rings. The first-order valence-electron chi connectivity index (χ1n) is 5.69. The van der Waals surface area contributed by atoms with E-state index in [0.717, 1.165) is 55.7 Å². The van der Waals surface area contributed by atoms with Crippen molar-refractivity contribution in [3.05, 3.63) is 44.7 Å². The van der Waals surface area contributed by atoms with Crippen molar-refractivity contribution in [1.29, 1.82) is 0 Å². The van der Waals surface area contributed by atoms with Crippen LogP contribution >= 0.6 is 171 Å². The van der Waals surface area contributed by atoms with Gasteiger partial charge in [0, 0.05) is 44.7 Å². The third-order valence-electron chi connectivity index (χ3n) is 2.99. The van der Waals surface area contributed by atoms with Crippen molar-refractivity contribution in [2.45, 2.75) is 0 Å². The van der Waals surface area contributed by atoms with Crippen molar-refractivity contribution in [2.75, 3.05) is 0 Å². The summed E-state index contributed by atoms with van der Waals surface area (Å²) < 4.78 is 8.73.